The highest BCUT2D eigenvalue weighted by Gasteiger charge is 2.47. The lowest BCUT2D eigenvalue weighted by atomic mass is 9.99. The predicted molar refractivity (Wildman–Crippen MR) is 80.1 cm³/mol. The zero-order chi connectivity index (χ0) is 17.2. The van der Waals surface area contributed by atoms with E-state index >= 15 is 0 Å². The SMILES string of the molecule is CC[C@@]1(C)NC(=O)N(CC(=O)OCc2c(F)cccc2Cl)C1=O. The van der Waals surface area contributed by atoms with Crippen molar-refractivity contribution in [2.24, 2.45) is 0 Å². The van der Waals surface area contributed by atoms with Crippen LogP contribution in [0, 0.1) is 5.82 Å². The quantitative estimate of drug-likeness (QED) is 0.657. The molecule has 1 fully saturated rings. The number of benzene rings is 1. The summed E-state index contributed by atoms with van der Waals surface area (Å²) in [4.78, 5) is 36.5. The number of carbonyl (C=O) groups is 3. The summed E-state index contributed by atoms with van der Waals surface area (Å²) in [5, 5.41) is 2.66. The Labute approximate surface area is 137 Å². The second-order valence-corrected chi connectivity index (χ2v) is 5.78. The first-order chi connectivity index (χ1) is 10.8. The van der Waals surface area contributed by atoms with Crippen molar-refractivity contribution in [3.8, 4) is 0 Å². The molecule has 1 aromatic rings. The number of nitrogens with zero attached hydrogens (tertiary/aromatic N) is 1. The molecular formula is C15H16ClFN2O4. The van der Waals surface area contributed by atoms with Crippen LogP contribution < -0.4 is 5.32 Å². The minimum absolute atomic E-state index is 0.0399. The van der Waals surface area contributed by atoms with Crippen LogP contribution in [0.3, 0.4) is 0 Å². The lowest BCUT2D eigenvalue weighted by molar-refractivity contribution is -0.148. The second kappa shape index (κ2) is 6.54. The standard InChI is InChI=1S/C15H16ClFN2O4/c1-3-15(2)13(21)19(14(22)18-15)7-12(20)23-8-9-10(16)5-4-6-11(9)17/h4-6H,3,7-8H2,1-2H3,(H,18,22)/t15-/m1/s1. The van der Waals surface area contributed by atoms with E-state index in [4.69, 9.17) is 16.3 Å². The molecule has 8 heteroatoms. The first-order valence-electron chi connectivity index (χ1n) is 7.01. The Kier molecular flexibility index (Phi) is 4.89. The molecule has 0 radical (unpaired) electrons. The van der Waals surface area contributed by atoms with Gasteiger partial charge >= 0.3 is 12.0 Å². The maximum Gasteiger partial charge on any atom is 0.326 e. The van der Waals surface area contributed by atoms with Crippen molar-refractivity contribution < 1.29 is 23.5 Å². The Morgan fingerprint density at radius 3 is 2.70 bits per heavy atom. The van der Waals surface area contributed by atoms with Crippen molar-refractivity contribution in [2.75, 3.05) is 6.54 Å². The van der Waals surface area contributed by atoms with Crippen LogP contribution >= 0.6 is 11.6 Å². The number of rotatable bonds is 5. The Balaban J connectivity index is 1.98. The van der Waals surface area contributed by atoms with Crippen LogP contribution in [0.4, 0.5) is 9.18 Å². The Hall–Kier alpha value is -2.15. The first-order valence-corrected chi connectivity index (χ1v) is 7.39. The van der Waals surface area contributed by atoms with Gasteiger partial charge in [-0.25, -0.2) is 9.18 Å². The van der Waals surface area contributed by atoms with E-state index in [2.05, 4.69) is 5.32 Å². The van der Waals surface area contributed by atoms with Crippen LogP contribution in [0.15, 0.2) is 18.2 Å². The van der Waals surface area contributed by atoms with Gasteiger partial charge in [0.05, 0.1) is 5.02 Å². The minimum atomic E-state index is -1.02. The van der Waals surface area contributed by atoms with Gasteiger partial charge in [0, 0.05) is 5.56 Å². The Morgan fingerprint density at radius 2 is 2.13 bits per heavy atom. The summed E-state index contributed by atoms with van der Waals surface area (Å²) in [6, 6.07) is 3.44. The fourth-order valence-corrected chi connectivity index (χ4v) is 2.35. The molecule has 0 aromatic heterocycles. The van der Waals surface area contributed by atoms with Gasteiger partial charge in [-0.2, -0.15) is 0 Å². The highest BCUT2D eigenvalue weighted by Crippen LogP contribution is 2.22. The molecular weight excluding hydrogens is 327 g/mol. The smallest absolute Gasteiger partial charge is 0.326 e. The van der Waals surface area contributed by atoms with E-state index in [9.17, 15) is 18.8 Å². The highest BCUT2D eigenvalue weighted by atomic mass is 35.5. The molecule has 3 amide bonds. The van der Waals surface area contributed by atoms with Gasteiger partial charge < -0.3 is 10.1 Å². The molecule has 124 valence electrons. The normalized spacial score (nSPS) is 20.6. The van der Waals surface area contributed by atoms with Crippen LogP contribution in [0.25, 0.3) is 0 Å². The minimum Gasteiger partial charge on any atom is -0.459 e. The summed E-state index contributed by atoms with van der Waals surface area (Å²) in [5.74, 6) is -1.92. The largest absolute Gasteiger partial charge is 0.459 e. The maximum atomic E-state index is 13.6. The van der Waals surface area contributed by atoms with Gasteiger partial charge in [0.25, 0.3) is 5.91 Å². The van der Waals surface area contributed by atoms with Crippen molar-refractivity contribution >= 4 is 29.5 Å². The molecule has 0 spiro atoms. The van der Waals surface area contributed by atoms with Crippen LogP contribution in [-0.2, 0) is 20.9 Å². The first kappa shape index (κ1) is 17.2. The van der Waals surface area contributed by atoms with Crippen LogP contribution in [0.2, 0.25) is 5.02 Å². The number of hydrogen-bond acceptors (Lipinski definition) is 4. The molecule has 1 aromatic carbocycles. The summed E-state index contributed by atoms with van der Waals surface area (Å²) in [6.07, 6.45) is 0.397. The zero-order valence-corrected chi connectivity index (χ0v) is 13.4. The van der Waals surface area contributed by atoms with Crippen molar-refractivity contribution in [1.29, 1.82) is 0 Å². The number of amides is 3. The van der Waals surface area contributed by atoms with E-state index in [0.29, 0.717) is 6.42 Å². The number of ether oxygens (including phenoxy) is 1. The molecule has 1 atom stereocenters. The van der Waals surface area contributed by atoms with Crippen molar-refractivity contribution in [1.82, 2.24) is 10.2 Å². The number of carbonyl (C=O) groups excluding carboxylic acids is 3. The lowest BCUT2D eigenvalue weighted by Gasteiger charge is -2.18. The topological polar surface area (TPSA) is 75.7 Å². The fourth-order valence-electron chi connectivity index (χ4n) is 2.13. The third-order valence-corrected chi connectivity index (χ3v) is 4.13. The van der Waals surface area contributed by atoms with Gasteiger partial charge in [0.1, 0.15) is 24.5 Å². The molecule has 1 N–H and O–H groups in total. The van der Waals surface area contributed by atoms with E-state index in [1.165, 1.54) is 18.2 Å². The van der Waals surface area contributed by atoms with E-state index in [-0.39, 0.29) is 17.2 Å². The summed E-state index contributed by atoms with van der Waals surface area (Å²) >= 11 is 5.83. The number of hydrogen-bond donors (Lipinski definition) is 1. The van der Waals surface area contributed by atoms with Gasteiger partial charge in [0.15, 0.2) is 0 Å². The third-order valence-electron chi connectivity index (χ3n) is 3.78. The number of urea groups is 1. The van der Waals surface area contributed by atoms with Crippen molar-refractivity contribution in [2.45, 2.75) is 32.4 Å². The van der Waals surface area contributed by atoms with Gasteiger partial charge in [-0.3, -0.25) is 14.5 Å². The van der Waals surface area contributed by atoms with E-state index < -0.39 is 35.8 Å². The molecule has 0 unspecified atom stereocenters. The average molecular weight is 343 g/mol. The molecule has 6 nitrogen and oxygen atoms in total. The van der Waals surface area contributed by atoms with Gasteiger partial charge in [-0.15, -0.1) is 0 Å². The average Bonchev–Trinajstić information content (AvgIpc) is 2.71. The van der Waals surface area contributed by atoms with Crippen LogP contribution in [0.1, 0.15) is 25.8 Å². The Bertz CT molecular complexity index is 647. The molecule has 0 bridgehead atoms. The third kappa shape index (κ3) is 3.44. The summed E-state index contributed by atoms with van der Waals surface area (Å²) in [5.41, 5.74) is -0.982. The van der Waals surface area contributed by atoms with Crippen LogP contribution in [-0.4, -0.2) is 34.9 Å². The lowest BCUT2D eigenvalue weighted by Crippen LogP contribution is -2.43. The van der Waals surface area contributed by atoms with Crippen LogP contribution in [0.5, 0.6) is 0 Å². The number of imide groups is 1. The van der Waals surface area contributed by atoms with Gasteiger partial charge in [0.2, 0.25) is 0 Å². The molecule has 1 aliphatic rings. The van der Waals surface area contributed by atoms with E-state index in [0.717, 1.165) is 4.90 Å². The molecule has 0 aliphatic carbocycles. The number of nitrogens with one attached hydrogen (secondary N) is 1. The monoisotopic (exact) mass is 342 g/mol. The molecule has 1 aliphatic heterocycles. The summed E-state index contributed by atoms with van der Waals surface area (Å²) in [7, 11) is 0. The molecule has 2 rings (SSSR count). The molecule has 23 heavy (non-hydrogen) atoms. The summed E-state index contributed by atoms with van der Waals surface area (Å²) < 4.78 is 18.5. The fraction of sp³-hybridized carbons (Fsp3) is 0.400. The molecule has 1 saturated heterocycles. The van der Waals surface area contributed by atoms with Crippen molar-refractivity contribution in [3.63, 3.8) is 0 Å². The predicted octanol–water partition coefficient (Wildman–Crippen LogP) is 2.24. The Morgan fingerprint density at radius 1 is 1.43 bits per heavy atom. The number of esters is 1. The second-order valence-electron chi connectivity index (χ2n) is 5.37. The summed E-state index contributed by atoms with van der Waals surface area (Å²) in [6.45, 7) is 2.42. The molecule has 0 saturated carbocycles. The molecule has 1 heterocycles. The van der Waals surface area contributed by atoms with Crippen molar-refractivity contribution in [3.05, 3.63) is 34.6 Å². The van der Waals surface area contributed by atoms with E-state index in [1.54, 1.807) is 13.8 Å². The van der Waals surface area contributed by atoms with Gasteiger partial charge in [-0.05, 0) is 25.5 Å². The highest BCUT2D eigenvalue weighted by molar-refractivity contribution is 6.31. The zero-order valence-electron chi connectivity index (χ0n) is 12.7. The number of halogens is 2. The van der Waals surface area contributed by atoms with E-state index in [1.807, 2.05) is 0 Å². The maximum absolute atomic E-state index is 13.6. The van der Waals surface area contributed by atoms with Gasteiger partial charge in [-0.1, -0.05) is 24.6 Å².